The van der Waals surface area contributed by atoms with Crippen molar-refractivity contribution in [2.45, 2.75) is 0 Å². The summed E-state index contributed by atoms with van der Waals surface area (Å²) in [7, 11) is 0. The van der Waals surface area contributed by atoms with E-state index < -0.39 is 0 Å². The van der Waals surface area contributed by atoms with Crippen LogP contribution in [0, 0.1) is 0 Å². The number of rotatable bonds is 4. The van der Waals surface area contributed by atoms with E-state index in [1.165, 1.54) is 54.1 Å². The highest BCUT2D eigenvalue weighted by Gasteiger charge is 2.24. The minimum absolute atomic E-state index is 0.840. The van der Waals surface area contributed by atoms with Crippen LogP contribution in [0.5, 0.6) is 0 Å². The summed E-state index contributed by atoms with van der Waals surface area (Å²) in [6.45, 7) is 0. The zero-order chi connectivity index (χ0) is 42.3. The number of para-hydroxylation sites is 7. The molecule has 0 atom stereocenters. The fraction of sp³-hybridized carbons (Fsp3) is 0. The van der Waals surface area contributed by atoms with Crippen molar-refractivity contribution in [3.63, 3.8) is 0 Å². The van der Waals surface area contributed by atoms with Crippen LogP contribution in [-0.4, -0.2) is 18.3 Å². The first-order chi connectivity index (χ1) is 32.3. The van der Waals surface area contributed by atoms with Gasteiger partial charge in [-0.1, -0.05) is 133 Å². The Bertz CT molecular complexity index is 4330. The molecule has 0 radical (unpaired) electrons. The largest absolute Gasteiger partial charge is 0.454 e. The molecule has 15 aromatic rings. The van der Waals surface area contributed by atoms with Crippen molar-refractivity contribution >= 4 is 109 Å². The van der Waals surface area contributed by atoms with Crippen LogP contribution in [0.4, 0.5) is 0 Å². The topological polar surface area (TPSA) is 32.9 Å². The first-order valence-corrected chi connectivity index (χ1v) is 22.3. The van der Waals surface area contributed by atoms with Gasteiger partial charge in [0.05, 0.1) is 60.9 Å². The van der Waals surface area contributed by atoms with Gasteiger partial charge < -0.3 is 22.7 Å². The molecule has 302 valence electrons. The molecule has 0 fully saturated rings. The van der Waals surface area contributed by atoms with Gasteiger partial charge in [0.1, 0.15) is 5.58 Å². The third-order valence-electron chi connectivity index (χ3n) is 13.9. The Morgan fingerprint density at radius 2 is 0.615 bits per heavy atom. The van der Waals surface area contributed by atoms with Crippen LogP contribution in [0.15, 0.2) is 223 Å². The molecule has 10 aromatic carbocycles. The highest BCUT2D eigenvalue weighted by Crippen LogP contribution is 2.45. The van der Waals surface area contributed by atoms with Crippen molar-refractivity contribution in [3.8, 4) is 22.7 Å². The van der Waals surface area contributed by atoms with Gasteiger partial charge in [-0.2, -0.15) is 0 Å². The van der Waals surface area contributed by atoms with Crippen molar-refractivity contribution in [2.24, 2.45) is 0 Å². The molecule has 0 saturated carbocycles. The van der Waals surface area contributed by atoms with E-state index in [2.05, 4.69) is 237 Å². The molecule has 5 aromatic heterocycles. The molecule has 0 spiro atoms. The van der Waals surface area contributed by atoms with Gasteiger partial charge in [-0.25, -0.2) is 0 Å². The summed E-state index contributed by atoms with van der Waals surface area (Å²) in [4.78, 5) is 0. The van der Waals surface area contributed by atoms with Crippen LogP contribution in [0.25, 0.3) is 132 Å². The Morgan fingerprint density at radius 3 is 1.09 bits per heavy atom. The van der Waals surface area contributed by atoms with E-state index in [9.17, 15) is 0 Å². The Kier molecular flexibility index (Phi) is 6.89. The molecule has 0 N–H and O–H groups in total. The van der Waals surface area contributed by atoms with E-state index in [0.717, 1.165) is 77.8 Å². The molecule has 0 aliphatic carbocycles. The van der Waals surface area contributed by atoms with E-state index in [1.807, 2.05) is 0 Å². The molecule has 0 unspecified atom stereocenters. The minimum Gasteiger partial charge on any atom is -0.454 e. The third-order valence-corrected chi connectivity index (χ3v) is 13.9. The average Bonchev–Trinajstić information content (AvgIpc) is 4.17. The summed E-state index contributed by atoms with van der Waals surface area (Å²) in [5.74, 6) is 0. The molecule has 5 nitrogen and oxygen atoms in total. The van der Waals surface area contributed by atoms with Crippen molar-refractivity contribution in [1.29, 1.82) is 0 Å². The van der Waals surface area contributed by atoms with Crippen LogP contribution < -0.4 is 0 Å². The standard InChI is InChI=1S/C60H36N4O/c1-8-23-48-39(16-1)40-17-2-9-24-49(40)61(48)37-32-33-55-46(34-37)45-22-7-14-29-54(45)63(55)56-30-15-31-58-59(56)47-35-38(62-50-25-10-3-18-41(50)42-19-4-11-26-51(42)62)36-57(60(47)65-58)64-52-27-12-5-20-43(52)44-21-6-13-28-53(44)64/h1-36H. The lowest BCUT2D eigenvalue weighted by atomic mass is 10.1. The Hall–Kier alpha value is -8.80. The molecule has 5 heteroatoms. The molecule has 0 saturated heterocycles. The molecule has 0 aliphatic heterocycles. The second-order valence-corrected chi connectivity index (χ2v) is 17.3. The first-order valence-electron chi connectivity index (χ1n) is 22.3. The van der Waals surface area contributed by atoms with Gasteiger partial charge in [0.25, 0.3) is 0 Å². The number of hydrogen-bond acceptors (Lipinski definition) is 1. The molecule has 65 heavy (non-hydrogen) atoms. The maximum atomic E-state index is 7.22. The SMILES string of the molecule is c1cc(-n2c3ccccc3c3cc(-n4c5ccccc5c5ccccc54)ccc32)c2c(c1)oc1c(-n3c4ccccc4c4ccccc43)cc(-n3c4ccccc4c4ccccc43)cc12. The van der Waals surface area contributed by atoms with Crippen molar-refractivity contribution in [2.75, 3.05) is 0 Å². The fourth-order valence-corrected chi connectivity index (χ4v) is 11.3. The highest BCUT2D eigenvalue weighted by atomic mass is 16.3. The van der Waals surface area contributed by atoms with Crippen molar-refractivity contribution < 1.29 is 4.42 Å². The maximum absolute atomic E-state index is 7.22. The Labute approximate surface area is 371 Å². The minimum atomic E-state index is 0.840. The predicted octanol–water partition coefficient (Wildman–Crippen LogP) is 16.0. The monoisotopic (exact) mass is 828 g/mol. The molecule has 0 bridgehead atoms. The van der Waals surface area contributed by atoms with E-state index in [0.29, 0.717) is 0 Å². The summed E-state index contributed by atoms with van der Waals surface area (Å²) in [5.41, 5.74) is 15.2. The molecule has 0 aliphatic rings. The summed E-state index contributed by atoms with van der Waals surface area (Å²) < 4.78 is 16.9. The predicted molar refractivity (Wildman–Crippen MR) is 271 cm³/mol. The first kappa shape index (κ1) is 34.7. The highest BCUT2D eigenvalue weighted by molar-refractivity contribution is 6.19. The van der Waals surface area contributed by atoms with Gasteiger partial charge in [0.2, 0.25) is 0 Å². The van der Waals surface area contributed by atoms with Gasteiger partial charge in [-0.15, -0.1) is 0 Å². The van der Waals surface area contributed by atoms with E-state index in [1.54, 1.807) is 0 Å². The number of furan rings is 1. The maximum Gasteiger partial charge on any atom is 0.159 e. The summed E-state index contributed by atoms with van der Waals surface area (Å²) in [5, 5.41) is 11.9. The molecular formula is C60H36N4O. The summed E-state index contributed by atoms with van der Waals surface area (Å²) in [6, 6.07) is 79.4. The van der Waals surface area contributed by atoms with Crippen LogP contribution in [0.2, 0.25) is 0 Å². The number of fused-ring (bicyclic) bond motifs is 15. The smallest absolute Gasteiger partial charge is 0.159 e. The summed E-state index contributed by atoms with van der Waals surface area (Å²) >= 11 is 0. The zero-order valence-electron chi connectivity index (χ0n) is 35.0. The Morgan fingerprint density at radius 1 is 0.246 bits per heavy atom. The van der Waals surface area contributed by atoms with E-state index >= 15 is 0 Å². The number of nitrogens with zero attached hydrogens (tertiary/aromatic N) is 4. The van der Waals surface area contributed by atoms with Gasteiger partial charge in [0.15, 0.2) is 5.58 Å². The van der Waals surface area contributed by atoms with Crippen LogP contribution in [0.1, 0.15) is 0 Å². The zero-order valence-corrected chi connectivity index (χ0v) is 35.0. The molecule has 0 amide bonds. The lowest BCUT2D eigenvalue weighted by molar-refractivity contribution is 0.666. The van der Waals surface area contributed by atoms with Crippen molar-refractivity contribution in [1.82, 2.24) is 18.3 Å². The molecule has 5 heterocycles. The fourth-order valence-electron chi connectivity index (χ4n) is 11.3. The lowest BCUT2D eigenvalue weighted by Crippen LogP contribution is -2.00. The normalized spacial score (nSPS) is 12.3. The summed E-state index contributed by atoms with van der Waals surface area (Å²) in [6.07, 6.45) is 0. The van der Waals surface area contributed by atoms with Gasteiger partial charge in [0, 0.05) is 59.9 Å². The molecular weight excluding hydrogens is 793 g/mol. The number of benzene rings is 10. The van der Waals surface area contributed by atoms with Gasteiger partial charge in [-0.05, 0) is 84.9 Å². The number of hydrogen-bond donors (Lipinski definition) is 0. The Balaban J connectivity index is 1.06. The quantitative estimate of drug-likeness (QED) is 0.174. The van der Waals surface area contributed by atoms with Gasteiger partial charge in [-0.3, -0.25) is 0 Å². The van der Waals surface area contributed by atoms with Crippen LogP contribution in [-0.2, 0) is 0 Å². The van der Waals surface area contributed by atoms with E-state index in [-0.39, 0.29) is 0 Å². The van der Waals surface area contributed by atoms with Crippen LogP contribution >= 0.6 is 0 Å². The van der Waals surface area contributed by atoms with Crippen LogP contribution in [0.3, 0.4) is 0 Å². The third kappa shape index (κ3) is 4.65. The second-order valence-electron chi connectivity index (χ2n) is 17.3. The van der Waals surface area contributed by atoms with Gasteiger partial charge >= 0.3 is 0 Å². The lowest BCUT2D eigenvalue weighted by Gasteiger charge is -2.14. The second kappa shape index (κ2) is 12.9. The average molecular weight is 829 g/mol. The van der Waals surface area contributed by atoms with E-state index in [4.69, 9.17) is 4.42 Å². The molecule has 15 rings (SSSR count). The van der Waals surface area contributed by atoms with Crippen molar-refractivity contribution in [3.05, 3.63) is 218 Å². The number of aromatic nitrogens is 4.